The van der Waals surface area contributed by atoms with Crippen LogP contribution in [0.3, 0.4) is 0 Å². The molecule has 1 aliphatic carbocycles. The standard InChI is InChI=1S/C33H29ClF4N4O4/c1-15-8-18-9-19(11-26(46-20-5-6-20)27(18)41-16(15)2)30(43)40-13-22(33(36,37)38)25-12-21-29(45-14-32(21,3)31(39)44)28(42-25)17-4-7-24(35)23(34)10-17/h4,7-12,20,22H,5-6,13-14H2,1-3H3,(H2,39,44)(H,40,43)/t22?,32-/m0/s1. The van der Waals surface area contributed by atoms with Crippen LogP contribution in [0.2, 0.25) is 5.02 Å². The normalized spacial score (nSPS) is 18.2. The summed E-state index contributed by atoms with van der Waals surface area (Å²) < 4.78 is 69.8. The van der Waals surface area contributed by atoms with Gasteiger partial charge < -0.3 is 20.5 Å². The van der Waals surface area contributed by atoms with Crippen LogP contribution in [0.4, 0.5) is 17.6 Å². The molecule has 0 radical (unpaired) electrons. The molecule has 3 heterocycles. The number of fused-ring (bicyclic) bond motifs is 2. The Bertz CT molecular complexity index is 1910. The second-order valence-electron chi connectivity index (χ2n) is 11.9. The number of hydrogen-bond donors (Lipinski definition) is 2. The molecule has 2 amide bonds. The first kappa shape index (κ1) is 31.5. The number of aryl methyl sites for hydroxylation is 2. The Labute approximate surface area is 266 Å². The van der Waals surface area contributed by atoms with Crippen LogP contribution in [0.15, 0.2) is 42.5 Å². The number of nitrogens with one attached hydrogen (secondary N) is 1. The van der Waals surface area contributed by atoms with Crippen LogP contribution in [0.5, 0.6) is 11.5 Å². The van der Waals surface area contributed by atoms with E-state index in [0.717, 1.165) is 36.2 Å². The number of aromatic nitrogens is 2. The highest BCUT2D eigenvalue weighted by molar-refractivity contribution is 6.31. The number of nitrogens with two attached hydrogens (primary N) is 1. The van der Waals surface area contributed by atoms with E-state index >= 15 is 0 Å². The molecule has 2 aromatic carbocycles. The summed E-state index contributed by atoms with van der Waals surface area (Å²) in [4.78, 5) is 34.8. The topological polar surface area (TPSA) is 116 Å². The van der Waals surface area contributed by atoms with Gasteiger partial charge in [0.2, 0.25) is 5.91 Å². The molecule has 6 rings (SSSR count). The molecule has 0 bridgehead atoms. The second kappa shape index (κ2) is 11.4. The summed E-state index contributed by atoms with van der Waals surface area (Å²) in [5, 5.41) is 2.74. The Balaban J connectivity index is 1.38. The van der Waals surface area contributed by atoms with E-state index in [1.54, 1.807) is 6.07 Å². The average Bonchev–Trinajstić information content (AvgIpc) is 3.74. The van der Waals surface area contributed by atoms with Gasteiger partial charge in [0.05, 0.1) is 16.8 Å². The first-order valence-corrected chi connectivity index (χ1v) is 14.9. The van der Waals surface area contributed by atoms with E-state index in [9.17, 15) is 27.2 Å². The van der Waals surface area contributed by atoms with Crippen molar-refractivity contribution in [2.75, 3.05) is 13.2 Å². The minimum atomic E-state index is -4.88. The van der Waals surface area contributed by atoms with Crippen molar-refractivity contribution in [1.82, 2.24) is 15.3 Å². The molecule has 46 heavy (non-hydrogen) atoms. The summed E-state index contributed by atoms with van der Waals surface area (Å²) in [6, 6.07) is 9.57. The van der Waals surface area contributed by atoms with Crippen molar-refractivity contribution in [2.45, 2.75) is 57.2 Å². The molecule has 2 aromatic heterocycles. The van der Waals surface area contributed by atoms with Crippen molar-refractivity contribution in [1.29, 1.82) is 0 Å². The number of rotatable bonds is 8. The Kier molecular flexibility index (Phi) is 7.82. The highest BCUT2D eigenvalue weighted by Crippen LogP contribution is 2.47. The summed E-state index contributed by atoms with van der Waals surface area (Å²) in [6.45, 7) is 4.06. The molecular weight excluding hydrogens is 628 g/mol. The maximum absolute atomic E-state index is 14.7. The second-order valence-corrected chi connectivity index (χ2v) is 12.4. The molecular formula is C33H29ClF4N4O4. The van der Waals surface area contributed by atoms with Crippen LogP contribution in [-0.4, -0.2) is 47.2 Å². The quantitative estimate of drug-likeness (QED) is 0.210. The zero-order valence-electron chi connectivity index (χ0n) is 25.0. The third kappa shape index (κ3) is 5.81. The summed E-state index contributed by atoms with van der Waals surface area (Å²) in [7, 11) is 0. The lowest BCUT2D eigenvalue weighted by Gasteiger charge is -2.24. The molecule has 0 spiro atoms. The number of hydrogen-bond acceptors (Lipinski definition) is 6. The zero-order valence-corrected chi connectivity index (χ0v) is 25.8. The van der Waals surface area contributed by atoms with Gasteiger partial charge in [0.25, 0.3) is 5.91 Å². The summed E-state index contributed by atoms with van der Waals surface area (Å²) in [6.07, 6.45) is -3.17. The monoisotopic (exact) mass is 656 g/mol. The minimum absolute atomic E-state index is 0.00864. The third-order valence-electron chi connectivity index (χ3n) is 8.46. The van der Waals surface area contributed by atoms with Gasteiger partial charge in [-0.25, -0.2) is 14.4 Å². The van der Waals surface area contributed by atoms with Gasteiger partial charge in [0, 0.05) is 34.3 Å². The Hall–Kier alpha value is -4.45. The molecule has 0 saturated heterocycles. The minimum Gasteiger partial charge on any atom is -0.489 e. The summed E-state index contributed by atoms with van der Waals surface area (Å²) in [5.74, 6) is -4.19. The van der Waals surface area contributed by atoms with E-state index in [0.29, 0.717) is 16.7 Å². The van der Waals surface area contributed by atoms with E-state index in [2.05, 4.69) is 15.3 Å². The maximum atomic E-state index is 14.7. The van der Waals surface area contributed by atoms with Gasteiger partial charge in [-0.2, -0.15) is 13.2 Å². The van der Waals surface area contributed by atoms with Crippen molar-refractivity contribution in [3.63, 3.8) is 0 Å². The van der Waals surface area contributed by atoms with Gasteiger partial charge >= 0.3 is 6.18 Å². The predicted molar refractivity (Wildman–Crippen MR) is 163 cm³/mol. The summed E-state index contributed by atoms with van der Waals surface area (Å²) in [5.41, 5.74) is 6.22. The van der Waals surface area contributed by atoms with Crippen LogP contribution in [-0.2, 0) is 10.2 Å². The highest BCUT2D eigenvalue weighted by atomic mass is 35.5. The van der Waals surface area contributed by atoms with E-state index in [1.165, 1.54) is 25.1 Å². The lowest BCUT2D eigenvalue weighted by atomic mass is 9.82. The van der Waals surface area contributed by atoms with Gasteiger partial charge in [-0.3, -0.25) is 9.59 Å². The van der Waals surface area contributed by atoms with E-state index in [4.69, 9.17) is 26.8 Å². The van der Waals surface area contributed by atoms with Crippen LogP contribution in [0, 0.1) is 19.7 Å². The lowest BCUT2D eigenvalue weighted by molar-refractivity contribution is -0.149. The van der Waals surface area contributed by atoms with Gasteiger partial charge in [-0.15, -0.1) is 0 Å². The van der Waals surface area contributed by atoms with Crippen LogP contribution < -0.4 is 20.5 Å². The molecule has 1 saturated carbocycles. The number of pyridine rings is 2. The first-order valence-electron chi connectivity index (χ1n) is 14.5. The molecule has 1 fully saturated rings. The molecule has 8 nitrogen and oxygen atoms in total. The molecule has 3 N–H and O–H groups in total. The molecule has 2 atom stereocenters. The largest absolute Gasteiger partial charge is 0.489 e. The molecule has 2 aliphatic rings. The number of halogens is 5. The number of alkyl halides is 3. The van der Waals surface area contributed by atoms with E-state index in [1.807, 2.05) is 19.9 Å². The fraction of sp³-hybridized carbons (Fsp3) is 0.333. The number of ether oxygens (including phenoxy) is 2. The van der Waals surface area contributed by atoms with E-state index < -0.39 is 47.4 Å². The van der Waals surface area contributed by atoms with Gasteiger partial charge in [-0.05, 0) is 81.6 Å². The first-order chi connectivity index (χ1) is 21.7. The lowest BCUT2D eigenvalue weighted by Crippen LogP contribution is -2.40. The van der Waals surface area contributed by atoms with Crippen molar-refractivity contribution in [3.05, 3.63) is 81.4 Å². The van der Waals surface area contributed by atoms with Gasteiger partial charge in [-0.1, -0.05) is 11.6 Å². The maximum Gasteiger partial charge on any atom is 0.398 e. The Morgan fingerprint density at radius 2 is 1.89 bits per heavy atom. The number of benzene rings is 2. The van der Waals surface area contributed by atoms with Crippen molar-refractivity contribution >= 4 is 34.3 Å². The molecule has 240 valence electrons. The fourth-order valence-electron chi connectivity index (χ4n) is 5.35. The van der Waals surface area contributed by atoms with Crippen molar-refractivity contribution in [2.24, 2.45) is 5.73 Å². The fourth-order valence-corrected chi connectivity index (χ4v) is 5.53. The number of carbonyl (C=O) groups is 2. The van der Waals surface area contributed by atoms with Gasteiger partial charge in [0.15, 0.2) is 0 Å². The SMILES string of the molecule is Cc1cc2cc(C(=O)NCC(c3cc4c(c(-c5ccc(F)c(Cl)c5)n3)OC[C@]4(C)C(N)=O)C(F)(F)F)cc(OC3CC3)c2nc1C. The van der Waals surface area contributed by atoms with Crippen molar-refractivity contribution < 1.29 is 36.6 Å². The number of nitrogens with zero attached hydrogens (tertiary/aromatic N) is 2. The number of amides is 2. The number of primary amides is 1. The molecule has 1 unspecified atom stereocenters. The predicted octanol–water partition coefficient (Wildman–Crippen LogP) is 6.46. The van der Waals surface area contributed by atoms with Crippen LogP contribution >= 0.6 is 11.6 Å². The third-order valence-corrected chi connectivity index (χ3v) is 8.74. The smallest absolute Gasteiger partial charge is 0.398 e. The molecule has 1 aliphatic heterocycles. The molecule has 13 heteroatoms. The van der Waals surface area contributed by atoms with Gasteiger partial charge in [0.1, 0.15) is 46.5 Å². The Morgan fingerprint density at radius 1 is 1.15 bits per heavy atom. The zero-order chi connectivity index (χ0) is 33.1. The molecule has 4 aromatic rings. The average molecular weight is 657 g/mol. The van der Waals surface area contributed by atoms with E-state index in [-0.39, 0.29) is 45.9 Å². The Morgan fingerprint density at radius 3 is 2.54 bits per heavy atom. The summed E-state index contributed by atoms with van der Waals surface area (Å²) >= 11 is 5.98. The van der Waals surface area contributed by atoms with Crippen LogP contribution in [0.25, 0.3) is 22.2 Å². The van der Waals surface area contributed by atoms with Crippen LogP contribution in [0.1, 0.15) is 58.6 Å². The highest BCUT2D eigenvalue weighted by Gasteiger charge is 2.47. The number of carbonyl (C=O) groups excluding carboxylic acids is 2. The van der Waals surface area contributed by atoms with Crippen molar-refractivity contribution in [3.8, 4) is 22.8 Å².